The van der Waals surface area contributed by atoms with Gasteiger partial charge in [-0.2, -0.15) is 0 Å². The van der Waals surface area contributed by atoms with Crippen LogP contribution in [0.1, 0.15) is 44.7 Å². The van der Waals surface area contributed by atoms with E-state index >= 15 is 0 Å². The van der Waals surface area contributed by atoms with E-state index in [0.717, 1.165) is 50.3 Å². The van der Waals surface area contributed by atoms with Gasteiger partial charge in [0.1, 0.15) is 0 Å². The van der Waals surface area contributed by atoms with Crippen LogP contribution in [0.4, 0.5) is 5.69 Å². The van der Waals surface area contributed by atoms with Crippen molar-refractivity contribution in [2.75, 3.05) is 44.6 Å². The number of benzene rings is 1. The summed E-state index contributed by atoms with van der Waals surface area (Å²) in [5, 5.41) is 6.13. The van der Waals surface area contributed by atoms with E-state index < -0.39 is 0 Å². The van der Waals surface area contributed by atoms with Gasteiger partial charge in [0.15, 0.2) is 0 Å². The lowest BCUT2D eigenvalue weighted by Crippen LogP contribution is -2.51. The van der Waals surface area contributed by atoms with Crippen LogP contribution in [0.2, 0.25) is 0 Å². The molecule has 2 amide bonds. The van der Waals surface area contributed by atoms with E-state index in [4.69, 9.17) is 0 Å². The van der Waals surface area contributed by atoms with Crippen LogP contribution in [-0.4, -0.2) is 66.9 Å². The Bertz CT molecular complexity index is 681. The average Bonchev–Trinajstić information content (AvgIpc) is 2.65. The van der Waals surface area contributed by atoms with Gasteiger partial charge >= 0.3 is 0 Å². The van der Waals surface area contributed by atoms with E-state index in [0.29, 0.717) is 19.0 Å². The van der Waals surface area contributed by atoms with Gasteiger partial charge in [-0.05, 0) is 56.7 Å². The standard InChI is InChI=1S/C23H38N4O2/c1-17(2)9-10-19(4)24-22(28)15-26-11-13-27(14-12-26)16-23(29)25-21-8-6-7-18(3)20(21)5/h6-8,17,19H,9-16H2,1-5H3,(H,24,28)(H,25,29)/t19-/m0/s1. The number of hydrogen-bond acceptors (Lipinski definition) is 4. The topological polar surface area (TPSA) is 64.7 Å². The van der Waals surface area contributed by atoms with E-state index in [1.54, 1.807) is 0 Å². The molecule has 1 fully saturated rings. The molecule has 2 rings (SSSR count). The Kier molecular flexibility index (Phi) is 9.11. The zero-order valence-electron chi connectivity index (χ0n) is 18.8. The molecule has 1 saturated heterocycles. The minimum absolute atomic E-state index is 0.0175. The first kappa shape index (κ1) is 23.4. The fraction of sp³-hybridized carbons (Fsp3) is 0.652. The van der Waals surface area contributed by atoms with Crippen molar-refractivity contribution in [1.29, 1.82) is 0 Å². The zero-order valence-corrected chi connectivity index (χ0v) is 18.8. The second kappa shape index (κ2) is 11.3. The van der Waals surface area contributed by atoms with Gasteiger partial charge in [-0.25, -0.2) is 0 Å². The molecule has 0 aromatic heterocycles. The van der Waals surface area contributed by atoms with Crippen molar-refractivity contribution in [2.45, 2.75) is 53.5 Å². The smallest absolute Gasteiger partial charge is 0.238 e. The average molecular weight is 403 g/mol. The Morgan fingerprint density at radius 2 is 1.52 bits per heavy atom. The molecule has 1 aliphatic heterocycles. The second-order valence-electron chi connectivity index (χ2n) is 8.79. The summed E-state index contributed by atoms with van der Waals surface area (Å²) in [4.78, 5) is 29.0. The monoisotopic (exact) mass is 402 g/mol. The molecule has 0 unspecified atom stereocenters. The summed E-state index contributed by atoms with van der Waals surface area (Å²) in [5.74, 6) is 0.778. The summed E-state index contributed by atoms with van der Waals surface area (Å²) in [6.07, 6.45) is 2.15. The summed E-state index contributed by atoms with van der Waals surface area (Å²) in [6.45, 7) is 14.6. The van der Waals surface area contributed by atoms with Crippen LogP contribution >= 0.6 is 0 Å². The molecule has 1 aromatic rings. The number of carbonyl (C=O) groups excluding carboxylic acids is 2. The van der Waals surface area contributed by atoms with Gasteiger partial charge in [-0.1, -0.05) is 26.0 Å². The summed E-state index contributed by atoms with van der Waals surface area (Å²) in [7, 11) is 0. The zero-order chi connectivity index (χ0) is 21.4. The van der Waals surface area contributed by atoms with E-state index in [-0.39, 0.29) is 17.9 Å². The molecular weight excluding hydrogens is 364 g/mol. The molecule has 0 spiro atoms. The maximum Gasteiger partial charge on any atom is 0.238 e. The van der Waals surface area contributed by atoms with Gasteiger partial charge in [0.2, 0.25) is 11.8 Å². The molecule has 1 atom stereocenters. The molecule has 1 aliphatic rings. The molecule has 2 N–H and O–H groups in total. The van der Waals surface area contributed by atoms with Crippen LogP contribution in [0, 0.1) is 19.8 Å². The molecule has 6 heteroatoms. The second-order valence-corrected chi connectivity index (χ2v) is 8.79. The fourth-order valence-corrected chi connectivity index (χ4v) is 3.56. The summed E-state index contributed by atoms with van der Waals surface area (Å²) < 4.78 is 0. The lowest BCUT2D eigenvalue weighted by atomic mass is 10.0. The molecule has 0 saturated carbocycles. The third kappa shape index (κ3) is 8.15. The van der Waals surface area contributed by atoms with Crippen LogP contribution in [0.3, 0.4) is 0 Å². The first-order valence-electron chi connectivity index (χ1n) is 10.8. The Labute approximate surface area is 176 Å². The highest BCUT2D eigenvalue weighted by atomic mass is 16.2. The Morgan fingerprint density at radius 3 is 2.10 bits per heavy atom. The quantitative estimate of drug-likeness (QED) is 0.667. The van der Waals surface area contributed by atoms with Gasteiger partial charge in [0, 0.05) is 37.9 Å². The van der Waals surface area contributed by atoms with Gasteiger partial charge in [0.05, 0.1) is 13.1 Å². The summed E-state index contributed by atoms with van der Waals surface area (Å²) >= 11 is 0. The number of nitrogens with zero attached hydrogens (tertiary/aromatic N) is 2. The lowest BCUT2D eigenvalue weighted by molar-refractivity contribution is -0.124. The third-order valence-corrected chi connectivity index (χ3v) is 5.66. The largest absolute Gasteiger partial charge is 0.353 e. The van der Waals surface area contributed by atoms with E-state index in [1.165, 1.54) is 5.56 Å². The maximum atomic E-state index is 12.4. The Morgan fingerprint density at radius 1 is 0.931 bits per heavy atom. The van der Waals surface area contributed by atoms with Crippen LogP contribution in [-0.2, 0) is 9.59 Å². The van der Waals surface area contributed by atoms with Crippen LogP contribution in [0.25, 0.3) is 0 Å². The molecule has 1 aromatic carbocycles. The highest BCUT2D eigenvalue weighted by Gasteiger charge is 2.21. The normalized spacial score (nSPS) is 16.6. The molecule has 0 aliphatic carbocycles. The maximum absolute atomic E-state index is 12.4. The SMILES string of the molecule is Cc1cccc(NC(=O)CN2CCN(CC(=O)N[C@@H](C)CCC(C)C)CC2)c1C. The first-order chi connectivity index (χ1) is 13.7. The van der Waals surface area contributed by atoms with Crippen molar-refractivity contribution >= 4 is 17.5 Å². The molecule has 6 nitrogen and oxygen atoms in total. The number of amides is 2. The number of nitrogens with one attached hydrogen (secondary N) is 2. The first-order valence-corrected chi connectivity index (χ1v) is 10.8. The van der Waals surface area contributed by atoms with Gasteiger partial charge in [0.25, 0.3) is 0 Å². The van der Waals surface area contributed by atoms with Crippen LogP contribution in [0.5, 0.6) is 0 Å². The molecule has 0 bridgehead atoms. The van der Waals surface area contributed by atoms with Crippen molar-refractivity contribution < 1.29 is 9.59 Å². The molecule has 1 heterocycles. The number of aryl methyl sites for hydroxylation is 1. The predicted octanol–water partition coefficient (Wildman–Crippen LogP) is 2.80. The van der Waals surface area contributed by atoms with Gasteiger partial charge in [-0.15, -0.1) is 0 Å². The number of rotatable bonds is 9. The van der Waals surface area contributed by atoms with Crippen LogP contribution < -0.4 is 10.6 Å². The Hall–Kier alpha value is -1.92. The van der Waals surface area contributed by atoms with Gasteiger partial charge in [-0.3, -0.25) is 19.4 Å². The van der Waals surface area contributed by atoms with E-state index in [1.807, 2.05) is 32.0 Å². The van der Waals surface area contributed by atoms with Crippen molar-refractivity contribution in [2.24, 2.45) is 5.92 Å². The highest BCUT2D eigenvalue weighted by molar-refractivity contribution is 5.93. The molecular formula is C23H38N4O2. The minimum atomic E-state index is 0.0175. The number of piperazine rings is 1. The third-order valence-electron chi connectivity index (χ3n) is 5.66. The van der Waals surface area contributed by atoms with Gasteiger partial charge < -0.3 is 10.6 Å². The lowest BCUT2D eigenvalue weighted by Gasteiger charge is -2.34. The minimum Gasteiger partial charge on any atom is -0.353 e. The highest BCUT2D eigenvalue weighted by Crippen LogP contribution is 2.18. The van der Waals surface area contributed by atoms with E-state index in [9.17, 15) is 9.59 Å². The number of carbonyl (C=O) groups is 2. The predicted molar refractivity (Wildman–Crippen MR) is 119 cm³/mol. The van der Waals surface area contributed by atoms with Crippen molar-refractivity contribution in [1.82, 2.24) is 15.1 Å². The van der Waals surface area contributed by atoms with E-state index in [2.05, 4.69) is 41.2 Å². The summed E-state index contributed by atoms with van der Waals surface area (Å²) in [6, 6.07) is 6.18. The van der Waals surface area contributed by atoms with Crippen molar-refractivity contribution in [3.63, 3.8) is 0 Å². The number of anilines is 1. The number of hydrogen-bond donors (Lipinski definition) is 2. The molecule has 29 heavy (non-hydrogen) atoms. The summed E-state index contributed by atoms with van der Waals surface area (Å²) in [5.41, 5.74) is 3.17. The van der Waals surface area contributed by atoms with Crippen LogP contribution in [0.15, 0.2) is 18.2 Å². The fourth-order valence-electron chi connectivity index (χ4n) is 3.56. The van der Waals surface area contributed by atoms with Crippen molar-refractivity contribution in [3.05, 3.63) is 29.3 Å². The molecule has 0 radical (unpaired) electrons. The Balaban J connectivity index is 1.68. The molecule has 162 valence electrons. The van der Waals surface area contributed by atoms with Crippen molar-refractivity contribution in [3.8, 4) is 0 Å².